The highest BCUT2D eigenvalue weighted by Crippen LogP contribution is 2.23. The summed E-state index contributed by atoms with van der Waals surface area (Å²) in [5, 5.41) is 22.4. The number of oxazole rings is 1. The minimum absolute atomic E-state index is 0.0224. The summed E-state index contributed by atoms with van der Waals surface area (Å²) in [5.41, 5.74) is 2.44. The number of hydrogen-bond donors (Lipinski definition) is 3. The first-order chi connectivity index (χ1) is 15.8. The lowest BCUT2D eigenvalue weighted by Gasteiger charge is -2.29. The summed E-state index contributed by atoms with van der Waals surface area (Å²) in [6, 6.07) is 14.1. The van der Waals surface area contributed by atoms with E-state index in [9.17, 15) is 19.8 Å². The van der Waals surface area contributed by atoms with E-state index in [-0.39, 0.29) is 12.5 Å². The molecule has 2 atom stereocenters. The second-order valence-corrected chi connectivity index (χ2v) is 7.85. The molecule has 0 aliphatic carbocycles. The first-order valence-corrected chi connectivity index (χ1v) is 10.9. The fourth-order valence-electron chi connectivity index (χ4n) is 3.55. The van der Waals surface area contributed by atoms with Gasteiger partial charge in [0.2, 0.25) is 0 Å². The lowest BCUT2D eigenvalue weighted by atomic mass is 10.0. The third kappa shape index (κ3) is 6.01. The van der Waals surface area contributed by atoms with Crippen LogP contribution in [0.15, 0.2) is 52.9 Å². The monoisotopic (exact) mass is 454 g/mol. The Kier molecular flexibility index (Phi) is 7.89. The van der Waals surface area contributed by atoms with Gasteiger partial charge in [-0.25, -0.2) is 4.79 Å². The highest BCUT2D eigenvalue weighted by Gasteiger charge is 2.26. The predicted octanol–water partition coefficient (Wildman–Crippen LogP) is 2.99. The van der Waals surface area contributed by atoms with Crippen molar-refractivity contribution in [2.75, 3.05) is 31.6 Å². The van der Waals surface area contributed by atoms with Gasteiger partial charge in [0.25, 0.3) is 11.9 Å². The van der Waals surface area contributed by atoms with Gasteiger partial charge in [0.05, 0.1) is 12.1 Å². The number of rotatable bonds is 10. The van der Waals surface area contributed by atoms with Gasteiger partial charge in [-0.05, 0) is 44.0 Å². The molecule has 0 spiro atoms. The van der Waals surface area contributed by atoms with E-state index >= 15 is 0 Å². The molecule has 2 amide bonds. The molecular weight excluding hydrogens is 424 g/mol. The number of aliphatic hydroxyl groups is 1. The number of carbonyl (C=O) groups is 2. The zero-order valence-corrected chi connectivity index (χ0v) is 19.1. The fourth-order valence-corrected chi connectivity index (χ4v) is 3.55. The number of carboxylic acid groups (broad SMARTS) is 1. The molecule has 1 heterocycles. The van der Waals surface area contributed by atoms with Gasteiger partial charge in [-0.15, -0.1) is 0 Å². The van der Waals surface area contributed by atoms with Gasteiger partial charge in [0.15, 0.2) is 5.58 Å². The number of aromatic nitrogens is 1. The van der Waals surface area contributed by atoms with E-state index in [1.807, 2.05) is 56.1 Å². The SMILES string of the molecule is CCN(C[C@@H](O)[C@H](Cc1ccccc1)NC(=O)O)C(=O)c1ccc2nc(N(C)CC)oc2c1. The van der Waals surface area contributed by atoms with Crippen LogP contribution in [0.5, 0.6) is 0 Å². The van der Waals surface area contributed by atoms with Crippen molar-refractivity contribution in [2.24, 2.45) is 0 Å². The number of hydrogen-bond acceptors (Lipinski definition) is 6. The molecular formula is C24H30N4O5. The van der Waals surface area contributed by atoms with Crippen molar-refractivity contribution < 1.29 is 24.2 Å². The average Bonchev–Trinajstić information content (AvgIpc) is 3.25. The van der Waals surface area contributed by atoms with Gasteiger partial charge in [-0.1, -0.05) is 30.3 Å². The molecule has 176 valence electrons. The predicted molar refractivity (Wildman–Crippen MR) is 126 cm³/mol. The first-order valence-electron chi connectivity index (χ1n) is 10.9. The van der Waals surface area contributed by atoms with Gasteiger partial charge in [-0.3, -0.25) is 4.79 Å². The molecule has 3 aromatic rings. The number of nitrogens with zero attached hydrogens (tertiary/aromatic N) is 3. The van der Waals surface area contributed by atoms with E-state index in [0.29, 0.717) is 35.6 Å². The van der Waals surface area contributed by atoms with Crippen LogP contribution in [0.2, 0.25) is 0 Å². The lowest BCUT2D eigenvalue weighted by molar-refractivity contribution is 0.0551. The normalized spacial score (nSPS) is 12.8. The van der Waals surface area contributed by atoms with Gasteiger partial charge < -0.3 is 29.7 Å². The molecule has 9 nitrogen and oxygen atoms in total. The Labute approximate surface area is 192 Å². The Morgan fingerprint density at radius 3 is 2.48 bits per heavy atom. The average molecular weight is 455 g/mol. The van der Waals surface area contributed by atoms with Crippen LogP contribution in [-0.4, -0.2) is 70.9 Å². The van der Waals surface area contributed by atoms with Crippen molar-refractivity contribution in [1.29, 1.82) is 0 Å². The van der Waals surface area contributed by atoms with Crippen LogP contribution in [0.25, 0.3) is 11.1 Å². The van der Waals surface area contributed by atoms with E-state index in [4.69, 9.17) is 4.42 Å². The van der Waals surface area contributed by atoms with Gasteiger partial charge >= 0.3 is 6.09 Å². The number of benzene rings is 2. The maximum absolute atomic E-state index is 13.2. The maximum atomic E-state index is 13.2. The van der Waals surface area contributed by atoms with Crippen LogP contribution >= 0.6 is 0 Å². The van der Waals surface area contributed by atoms with Crippen LogP contribution in [0.4, 0.5) is 10.8 Å². The number of aliphatic hydroxyl groups excluding tert-OH is 1. The third-order valence-corrected chi connectivity index (χ3v) is 5.57. The summed E-state index contributed by atoms with van der Waals surface area (Å²) >= 11 is 0. The van der Waals surface area contributed by atoms with Crippen molar-refractivity contribution in [3.8, 4) is 0 Å². The molecule has 0 saturated heterocycles. The molecule has 1 aromatic heterocycles. The van der Waals surface area contributed by atoms with Gasteiger partial charge in [-0.2, -0.15) is 4.98 Å². The minimum atomic E-state index is -1.23. The highest BCUT2D eigenvalue weighted by atomic mass is 16.4. The van der Waals surface area contributed by atoms with Crippen LogP contribution in [0, 0.1) is 0 Å². The molecule has 3 N–H and O–H groups in total. The number of anilines is 1. The van der Waals surface area contributed by atoms with E-state index in [1.165, 1.54) is 4.90 Å². The van der Waals surface area contributed by atoms with Crippen molar-refractivity contribution in [3.63, 3.8) is 0 Å². The molecule has 0 aliphatic heterocycles. The van der Waals surface area contributed by atoms with E-state index in [1.54, 1.807) is 18.2 Å². The van der Waals surface area contributed by atoms with Crippen molar-refractivity contribution >= 4 is 29.1 Å². The third-order valence-electron chi connectivity index (χ3n) is 5.57. The molecule has 0 saturated carbocycles. The van der Waals surface area contributed by atoms with E-state index in [0.717, 1.165) is 12.1 Å². The van der Waals surface area contributed by atoms with Crippen molar-refractivity contribution in [1.82, 2.24) is 15.2 Å². The van der Waals surface area contributed by atoms with Crippen LogP contribution in [-0.2, 0) is 6.42 Å². The Bertz CT molecular complexity index is 1080. The number of fused-ring (bicyclic) bond motifs is 1. The lowest BCUT2D eigenvalue weighted by Crippen LogP contribution is -2.50. The zero-order valence-electron chi connectivity index (χ0n) is 19.1. The standard InChI is InChI=1S/C24H30N4O5/c1-4-27(3)23-25-18-12-11-17(14-21(18)33-23)22(30)28(5-2)15-20(29)19(26-24(31)32)13-16-9-7-6-8-10-16/h6-12,14,19-20,26,29H,4-5,13,15H2,1-3H3,(H,31,32)/t19-,20+/m0/s1. The number of carbonyl (C=O) groups excluding carboxylic acids is 1. The summed E-state index contributed by atoms with van der Waals surface area (Å²) < 4.78 is 5.77. The summed E-state index contributed by atoms with van der Waals surface area (Å²) in [6.45, 7) is 4.85. The maximum Gasteiger partial charge on any atom is 0.404 e. The number of likely N-dealkylation sites (N-methyl/N-ethyl adjacent to an activating group) is 1. The first kappa shape index (κ1) is 24.1. The highest BCUT2D eigenvalue weighted by molar-refractivity contribution is 5.97. The van der Waals surface area contributed by atoms with Crippen LogP contribution in [0.1, 0.15) is 29.8 Å². The zero-order chi connectivity index (χ0) is 24.0. The minimum Gasteiger partial charge on any atom is -0.465 e. The van der Waals surface area contributed by atoms with Crippen LogP contribution < -0.4 is 10.2 Å². The summed E-state index contributed by atoms with van der Waals surface area (Å²) in [7, 11) is 1.87. The van der Waals surface area contributed by atoms with Crippen molar-refractivity contribution in [3.05, 3.63) is 59.7 Å². The molecule has 3 rings (SSSR count). The summed E-state index contributed by atoms with van der Waals surface area (Å²) in [6.07, 6.45) is -2.02. The van der Waals surface area contributed by atoms with E-state index < -0.39 is 18.2 Å². The second kappa shape index (κ2) is 10.8. The molecule has 9 heteroatoms. The smallest absolute Gasteiger partial charge is 0.404 e. The quantitative estimate of drug-likeness (QED) is 0.431. The fraction of sp³-hybridized carbons (Fsp3) is 0.375. The largest absolute Gasteiger partial charge is 0.465 e. The molecule has 33 heavy (non-hydrogen) atoms. The summed E-state index contributed by atoms with van der Waals surface area (Å²) in [4.78, 5) is 32.2. The molecule has 2 aromatic carbocycles. The second-order valence-electron chi connectivity index (χ2n) is 7.85. The van der Waals surface area contributed by atoms with Crippen molar-refractivity contribution in [2.45, 2.75) is 32.4 Å². The Balaban J connectivity index is 1.76. The summed E-state index contributed by atoms with van der Waals surface area (Å²) in [5.74, 6) is -0.283. The Morgan fingerprint density at radius 2 is 1.85 bits per heavy atom. The molecule has 0 bridgehead atoms. The van der Waals surface area contributed by atoms with E-state index in [2.05, 4.69) is 10.3 Å². The molecule has 0 aliphatic rings. The molecule has 0 unspecified atom stereocenters. The number of nitrogens with one attached hydrogen (secondary N) is 1. The van der Waals surface area contributed by atoms with Gasteiger partial charge in [0, 0.05) is 32.2 Å². The number of amides is 2. The van der Waals surface area contributed by atoms with Crippen LogP contribution in [0.3, 0.4) is 0 Å². The Hall–Kier alpha value is -3.59. The molecule has 0 fully saturated rings. The molecule has 0 radical (unpaired) electrons. The topological polar surface area (TPSA) is 119 Å². The Morgan fingerprint density at radius 1 is 1.12 bits per heavy atom. The van der Waals surface area contributed by atoms with Gasteiger partial charge in [0.1, 0.15) is 5.52 Å².